The Morgan fingerprint density at radius 2 is 2.23 bits per heavy atom. The molecule has 0 unspecified atom stereocenters. The monoisotopic (exact) mass is 215 g/mol. The fourth-order valence-corrected chi connectivity index (χ4v) is 2.31. The summed E-state index contributed by atoms with van der Waals surface area (Å²) in [6, 6.07) is 3.19. The largest absolute Gasteiger partial charge is 0.398 e. The predicted molar refractivity (Wildman–Crippen MR) is 55.8 cm³/mol. The van der Waals surface area contributed by atoms with Crippen LogP contribution in [0.15, 0.2) is 17.5 Å². The van der Waals surface area contributed by atoms with Crippen molar-refractivity contribution in [1.29, 1.82) is 0 Å². The van der Waals surface area contributed by atoms with Crippen molar-refractivity contribution in [3.05, 3.63) is 28.9 Å². The molecule has 4 heteroatoms. The fraction of sp³-hybridized carbons (Fsp3) is 0.111. The number of rotatable bonds is 1. The maximum absolute atomic E-state index is 13.2. The maximum Gasteiger partial charge on any atom is 0.128 e. The van der Waals surface area contributed by atoms with Gasteiger partial charge in [-0.2, -0.15) is 0 Å². The first-order valence-corrected chi connectivity index (χ1v) is 5.15. The highest BCUT2D eigenvalue weighted by molar-refractivity contribution is 7.17. The van der Waals surface area contributed by atoms with Crippen LogP contribution >= 0.6 is 22.9 Å². The number of alkyl halides is 1. The van der Waals surface area contributed by atoms with Crippen molar-refractivity contribution in [2.45, 2.75) is 5.88 Å². The fourth-order valence-electron chi connectivity index (χ4n) is 1.21. The van der Waals surface area contributed by atoms with E-state index < -0.39 is 0 Å². The van der Waals surface area contributed by atoms with Gasteiger partial charge < -0.3 is 5.73 Å². The molecular formula is C9H7ClFNS. The van der Waals surface area contributed by atoms with Crippen molar-refractivity contribution in [3.63, 3.8) is 0 Å². The quantitative estimate of drug-likeness (QED) is 0.726. The average molecular weight is 216 g/mol. The van der Waals surface area contributed by atoms with E-state index in [9.17, 15) is 4.39 Å². The maximum atomic E-state index is 13.2. The van der Waals surface area contributed by atoms with Gasteiger partial charge in [0.1, 0.15) is 5.82 Å². The summed E-state index contributed by atoms with van der Waals surface area (Å²) in [5.41, 5.74) is 6.80. The first-order valence-electron chi connectivity index (χ1n) is 3.73. The van der Waals surface area contributed by atoms with E-state index in [4.69, 9.17) is 17.3 Å². The smallest absolute Gasteiger partial charge is 0.128 e. The number of fused-ring (bicyclic) bond motifs is 1. The van der Waals surface area contributed by atoms with Crippen molar-refractivity contribution >= 4 is 38.7 Å². The number of halogens is 2. The van der Waals surface area contributed by atoms with E-state index in [-0.39, 0.29) is 11.7 Å². The highest BCUT2D eigenvalue weighted by Gasteiger charge is 2.06. The zero-order valence-electron chi connectivity index (χ0n) is 6.68. The van der Waals surface area contributed by atoms with E-state index >= 15 is 0 Å². The van der Waals surface area contributed by atoms with Crippen molar-refractivity contribution < 1.29 is 4.39 Å². The second-order valence-corrected chi connectivity index (χ2v) is 3.94. The molecule has 0 spiro atoms. The van der Waals surface area contributed by atoms with Crippen molar-refractivity contribution in [3.8, 4) is 0 Å². The SMILES string of the molecule is Nc1csc2cc(CCl)c(F)cc12. The van der Waals surface area contributed by atoms with Crippen molar-refractivity contribution in [2.75, 3.05) is 5.73 Å². The third-order valence-electron chi connectivity index (χ3n) is 1.92. The van der Waals surface area contributed by atoms with Crippen LogP contribution in [0.3, 0.4) is 0 Å². The molecule has 0 aliphatic heterocycles. The van der Waals surface area contributed by atoms with Gasteiger partial charge in [-0.3, -0.25) is 0 Å². The van der Waals surface area contributed by atoms with Gasteiger partial charge in [-0.25, -0.2) is 4.39 Å². The molecule has 0 bridgehead atoms. The van der Waals surface area contributed by atoms with E-state index in [0.717, 1.165) is 10.1 Å². The Morgan fingerprint density at radius 1 is 1.46 bits per heavy atom. The summed E-state index contributed by atoms with van der Waals surface area (Å²) in [7, 11) is 0. The van der Waals surface area contributed by atoms with Crippen LogP contribution in [0, 0.1) is 5.82 Å². The molecule has 13 heavy (non-hydrogen) atoms. The number of benzene rings is 1. The molecule has 0 aliphatic rings. The lowest BCUT2D eigenvalue weighted by Crippen LogP contribution is -1.86. The molecule has 1 heterocycles. The molecule has 2 N–H and O–H groups in total. The van der Waals surface area contributed by atoms with Gasteiger partial charge in [0.2, 0.25) is 0 Å². The topological polar surface area (TPSA) is 26.0 Å². The molecule has 0 fully saturated rings. The van der Waals surface area contributed by atoms with Gasteiger partial charge in [0.25, 0.3) is 0 Å². The van der Waals surface area contributed by atoms with Crippen LogP contribution in [0.5, 0.6) is 0 Å². The van der Waals surface area contributed by atoms with E-state index in [1.54, 1.807) is 6.07 Å². The Labute approximate surface area is 83.9 Å². The lowest BCUT2D eigenvalue weighted by atomic mass is 10.2. The van der Waals surface area contributed by atoms with Crippen LogP contribution in [0.2, 0.25) is 0 Å². The van der Waals surface area contributed by atoms with Crippen LogP contribution in [0.25, 0.3) is 10.1 Å². The summed E-state index contributed by atoms with van der Waals surface area (Å²) < 4.78 is 14.2. The second-order valence-electron chi connectivity index (χ2n) is 2.76. The van der Waals surface area contributed by atoms with Gasteiger partial charge in [0.05, 0.1) is 11.6 Å². The lowest BCUT2D eigenvalue weighted by Gasteiger charge is -1.98. The first-order chi connectivity index (χ1) is 6.22. The van der Waals surface area contributed by atoms with Crippen LogP contribution in [-0.4, -0.2) is 0 Å². The normalized spacial score (nSPS) is 10.9. The molecule has 68 valence electrons. The molecule has 2 rings (SSSR count). The van der Waals surface area contributed by atoms with Gasteiger partial charge in [-0.05, 0) is 12.1 Å². The molecule has 0 saturated carbocycles. The molecule has 0 aliphatic carbocycles. The first kappa shape index (κ1) is 8.78. The van der Waals surface area contributed by atoms with Gasteiger partial charge >= 0.3 is 0 Å². The lowest BCUT2D eigenvalue weighted by molar-refractivity contribution is 0.619. The van der Waals surface area contributed by atoms with E-state index in [1.807, 2.05) is 5.38 Å². The van der Waals surface area contributed by atoms with Crippen LogP contribution < -0.4 is 5.73 Å². The molecule has 1 nitrogen and oxygen atoms in total. The number of nitrogens with two attached hydrogens (primary N) is 1. The summed E-state index contributed by atoms with van der Waals surface area (Å²) in [5, 5.41) is 2.58. The Kier molecular flexibility index (Phi) is 2.14. The number of anilines is 1. The Bertz CT molecular complexity index is 452. The third-order valence-corrected chi connectivity index (χ3v) is 3.17. The minimum atomic E-state index is -0.285. The molecule has 1 aromatic carbocycles. The highest BCUT2D eigenvalue weighted by Crippen LogP contribution is 2.30. The number of hydrogen-bond donors (Lipinski definition) is 1. The summed E-state index contributed by atoms with van der Waals surface area (Å²) in [4.78, 5) is 0. The molecular weight excluding hydrogens is 209 g/mol. The van der Waals surface area contributed by atoms with Crippen LogP contribution in [0.1, 0.15) is 5.56 Å². The van der Waals surface area contributed by atoms with Gasteiger partial charge in [-0.15, -0.1) is 22.9 Å². The number of nitrogen functional groups attached to an aromatic ring is 1. The van der Waals surface area contributed by atoms with Crippen molar-refractivity contribution in [1.82, 2.24) is 0 Å². The molecule has 2 aromatic rings. The van der Waals surface area contributed by atoms with Gasteiger partial charge in [0.15, 0.2) is 0 Å². The van der Waals surface area contributed by atoms with Gasteiger partial charge in [-0.1, -0.05) is 0 Å². The Balaban J connectivity index is 2.76. The molecule has 0 radical (unpaired) electrons. The molecule has 1 aromatic heterocycles. The predicted octanol–water partition coefficient (Wildman–Crippen LogP) is 3.36. The summed E-state index contributed by atoms with van der Waals surface area (Å²) >= 11 is 7.07. The number of hydrogen-bond acceptors (Lipinski definition) is 2. The third kappa shape index (κ3) is 1.38. The summed E-state index contributed by atoms with van der Waals surface area (Å²) in [5.74, 6) is -0.0906. The summed E-state index contributed by atoms with van der Waals surface area (Å²) in [6.45, 7) is 0. The minimum Gasteiger partial charge on any atom is -0.398 e. The zero-order valence-corrected chi connectivity index (χ0v) is 8.25. The van der Waals surface area contributed by atoms with E-state index in [0.29, 0.717) is 11.3 Å². The number of thiophene rings is 1. The van der Waals surface area contributed by atoms with Gasteiger partial charge in [0, 0.05) is 21.0 Å². The highest BCUT2D eigenvalue weighted by atomic mass is 35.5. The Morgan fingerprint density at radius 3 is 2.92 bits per heavy atom. The second kappa shape index (κ2) is 3.16. The van der Waals surface area contributed by atoms with Crippen LogP contribution in [-0.2, 0) is 5.88 Å². The van der Waals surface area contributed by atoms with Crippen LogP contribution in [0.4, 0.5) is 10.1 Å². The van der Waals surface area contributed by atoms with Crippen molar-refractivity contribution in [2.24, 2.45) is 0 Å². The Hall–Kier alpha value is -0.800. The molecule has 0 saturated heterocycles. The minimum absolute atomic E-state index is 0.194. The molecule has 0 atom stereocenters. The standard InChI is InChI=1S/C9H7ClFNS/c10-3-5-1-9-6(2-7(5)11)8(12)4-13-9/h1-2,4H,3,12H2. The average Bonchev–Trinajstić information content (AvgIpc) is 2.47. The molecule has 0 amide bonds. The van der Waals surface area contributed by atoms with E-state index in [1.165, 1.54) is 17.4 Å². The zero-order chi connectivity index (χ0) is 9.42. The van der Waals surface area contributed by atoms with E-state index in [2.05, 4.69) is 0 Å². The summed E-state index contributed by atoms with van der Waals surface area (Å²) in [6.07, 6.45) is 0.